The van der Waals surface area contributed by atoms with Crippen molar-refractivity contribution in [2.75, 3.05) is 0 Å². The van der Waals surface area contributed by atoms with Crippen molar-refractivity contribution in [2.45, 2.75) is 39.0 Å². The van der Waals surface area contributed by atoms with Crippen molar-refractivity contribution in [3.05, 3.63) is 51.1 Å². The molecule has 0 aromatic heterocycles. The molecule has 1 fully saturated rings. The van der Waals surface area contributed by atoms with Crippen LogP contribution in [0.5, 0.6) is 0 Å². The first kappa shape index (κ1) is 11.8. The molecule has 2 rings (SSSR count). The quantitative estimate of drug-likeness (QED) is 0.446. The summed E-state index contributed by atoms with van der Waals surface area (Å²) in [7, 11) is 0. The minimum absolute atomic E-state index is 0.185. The predicted octanol–water partition coefficient (Wildman–Crippen LogP) is 4.12. The van der Waals surface area contributed by atoms with Gasteiger partial charge in [0.15, 0.2) is 0 Å². The van der Waals surface area contributed by atoms with Crippen LogP contribution in [-0.2, 0) is 0 Å². The normalized spacial score (nSPS) is 16.2. The van der Waals surface area contributed by atoms with Crippen LogP contribution in [0.25, 0.3) is 0 Å². The minimum Gasteiger partial charge on any atom is -0.258 e. The molecule has 3 heteroatoms. The molecule has 0 heterocycles. The lowest BCUT2D eigenvalue weighted by molar-refractivity contribution is -0.384. The monoisotopic (exact) mass is 231 g/mol. The van der Waals surface area contributed by atoms with E-state index in [-0.39, 0.29) is 16.5 Å². The second kappa shape index (κ2) is 4.70. The molecule has 90 valence electrons. The van der Waals surface area contributed by atoms with Crippen molar-refractivity contribution in [1.82, 2.24) is 0 Å². The van der Waals surface area contributed by atoms with Gasteiger partial charge in [-0.25, -0.2) is 0 Å². The molecule has 1 atom stereocenters. The average Bonchev–Trinajstić information content (AvgIpc) is 2.23. The summed E-state index contributed by atoms with van der Waals surface area (Å²) in [5, 5.41) is 10.8. The summed E-state index contributed by atoms with van der Waals surface area (Å²) >= 11 is 0. The zero-order chi connectivity index (χ0) is 12.4. The Hall–Kier alpha value is -1.64. The standard InChI is InChI=1S/C14H17NO2/c1-10-6-7-13(15(16)17)9-14(10)11(2)8-12-4-3-5-12/h6-9,11H,3-5H2,1-2H3. The Morgan fingerprint density at radius 2 is 2.12 bits per heavy atom. The number of nitro groups is 1. The smallest absolute Gasteiger partial charge is 0.258 e. The van der Waals surface area contributed by atoms with Crippen LogP contribution in [0.2, 0.25) is 0 Å². The summed E-state index contributed by atoms with van der Waals surface area (Å²) in [5.74, 6) is 0.269. The average molecular weight is 231 g/mol. The van der Waals surface area contributed by atoms with E-state index in [4.69, 9.17) is 0 Å². The van der Waals surface area contributed by atoms with E-state index < -0.39 is 0 Å². The van der Waals surface area contributed by atoms with Gasteiger partial charge < -0.3 is 0 Å². The lowest BCUT2D eigenvalue weighted by Gasteiger charge is -2.19. The molecule has 1 aliphatic rings. The van der Waals surface area contributed by atoms with E-state index >= 15 is 0 Å². The van der Waals surface area contributed by atoms with Crippen LogP contribution in [0.15, 0.2) is 29.8 Å². The molecule has 1 saturated carbocycles. The SMILES string of the molecule is Cc1ccc([N+](=O)[O-])cc1C(C)C=C1CCC1. The first-order chi connectivity index (χ1) is 8.08. The topological polar surface area (TPSA) is 43.1 Å². The van der Waals surface area contributed by atoms with E-state index in [0.29, 0.717) is 0 Å². The fourth-order valence-corrected chi connectivity index (χ4v) is 2.22. The maximum Gasteiger partial charge on any atom is 0.269 e. The zero-order valence-corrected chi connectivity index (χ0v) is 10.3. The molecule has 3 nitrogen and oxygen atoms in total. The van der Waals surface area contributed by atoms with Crippen molar-refractivity contribution in [1.29, 1.82) is 0 Å². The van der Waals surface area contributed by atoms with E-state index in [1.54, 1.807) is 12.1 Å². The van der Waals surface area contributed by atoms with Gasteiger partial charge in [-0.15, -0.1) is 0 Å². The minimum atomic E-state index is -0.327. The Balaban J connectivity index is 2.29. The molecule has 0 spiro atoms. The number of hydrogen-bond donors (Lipinski definition) is 0. The van der Waals surface area contributed by atoms with Gasteiger partial charge in [-0.2, -0.15) is 0 Å². The largest absolute Gasteiger partial charge is 0.269 e. The van der Waals surface area contributed by atoms with Crippen molar-refractivity contribution in [3.8, 4) is 0 Å². The lowest BCUT2D eigenvalue weighted by Crippen LogP contribution is -2.01. The van der Waals surface area contributed by atoms with Gasteiger partial charge in [-0.3, -0.25) is 10.1 Å². The Morgan fingerprint density at radius 1 is 1.41 bits per heavy atom. The molecule has 0 radical (unpaired) electrons. The molecular formula is C14H17NO2. The summed E-state index contributed by atoms with van der Waals surface area (Å²) in [6.07, 6.45) is 5.93. The number of allylic oxidation sites excluding steroid dienone is 2. The molecule has 0 N–H and O–H groups in total. The van der Waals surface area contributed by atoms with E-state index in [9.17, 15) is 10.1 Å². The van der Waals surface area contributed by atoms with Crippen LogP contribution in [0.3, 0.4) is 0 Å². The van der Waals surface area contributed by atoms with Crippen LogP contribution in [-0.4, -0.2) is 4.92 Å². The highest BCUT2D eigenvalue weighted by atomic mass is 16.6. The van der Waals surface area contributed by atoms with Gasteiger partial charge in [0.05, 0.1) is 4.92 Å². The first-order valence-corrected chi connectivity index (χ1v) is 6.02. The highest BCUT2D eigenvalue weighted by molar-refractivity contribution is 5.42. The molecule has 0 amide bonds. The number of nitrogens with zero attached hydrogens (tertiary/aromatic N) is 1. The summed E-state index contributed by atoms with van der Waals surface area (Å²) < 4.78 is 0. The Morgan fingerprint density at radius 3 is 2.65 bits per heavy atom. The number of hydrogen-bond acceptors (Lipinski definition) is 2. The molecule has 1 aromatic rings. The van der Waals surface area contributed by atoms with Crippen molar-refractivity contribution in [3.63, 3.8) is 0 Å². The lowest BCUT2D eigenvalue weighted by atomic mass is 9.86. The maximum absolute atomic E-state index is 10.8. The number of nitro benzene ring substituents is 1. The second-order valence-corrected chi connectivity index (χ2v) is 4.77. The molecule has 0 aliphatic heterocycles. The zero-order valence-electron chi connectivity index (χ0n) is 10.3. The highest BCUT2D eigenvalue weighted by Gasteiger charge is 2.15. The Bertz CT molecular complexity index is 471. The number of benzene rings is 1. The number of rotatable bonds is 3. The Kier molecular flexibility index (Phi) is 3.27. The third-order valence-corrected chi connectivity index (χ3v) is 3.45. The fourth-order valence-electron chi connectivity index (χ4n) is 2.22. The van der Waals surface area contributed by atoms with Crippen molar-refractivity contribution in [2.24, 2.45) is 0 Å². The van der Waals surface area contributed by atoms with Gasteiger partial charge in [0.2, 0.25) is 0 Å². The van der Waals surface area contributed by atoms with Gasteiger partial charge in [-0.1, -0.05) is 24.6 Å². The summed E-state index contributed by atoms with van der Waals surface area (Å²) in [5.41, 5.74) is 3.87. The molecule has 1 aromatic carbocycles. The van der Waals surface area contributed by atoms with Gasteiger partial charge >= 0.3 is 0 Å². The van der Waals surface area contributed by atoms with Gasteiger partial charge in [-0.05, 0) is 43.2 Å². The predicted molar refractivity (Wildman–Crippen MR) is 68.2 cm³/mol. The van der Waals surface area contributed by atoms with Gasteiger partial charge in [0, 0.05) is 12.1 Å². The summed E-state index contributed by atoms with van der Waals surface area (Å²) in [6, 6.07) is 5.11. The van der Waals surface area contributed by atoms with Crippen LogP contribution in [0, 0.1) is 17.0 Å². The number of non-ortho nitro benzene ring substituents is 1. The second-order valence-electron chi connectivity index (χ2n) is 4.77. The summed E-state index contributed by atoms with van der Waals surface area (Å²) in [4.78, 5) is 10.4. The third kappa shape index (κ3) is 2.54. The molecule has 0 bridgehead atoms. The van der Waals surface area contributed by atoms with E-state index in [1.807, 2.05) is 13.0 Å². The molecular weight excluding hydrogens is 214 g/mol. The Labute approximate surface area is 101 Å². The highest BCUT2D eigenvalue weighted by Crippen LogP contribution is 2.31. The van der Waals surface area contributed by atoms with Crippen LogP contribution >= 0.6 is 0 Å². The van der Waals surface area contributed by atoms with Crippen LogP contribution in [0.1, 0.15) is 43.2 Å². The van der Waals surface area contributed by atoms with Crippen molar-refractivity contribution >= 4 is 5.69 Å². The van der Waals surface area contributed by atoms with Crippen molar-refractivity contribution < 1.29 is 4.92 Å². The summed E-state index contributed by atoms with van der Waals surface area (Å²) in [6.45, 7) is 4.12. The maximum atomic E-state index is 10.8. The number of aryl methyl sites for hydroxylation is 1. The van der Waals surface area contributed by atoms with E-state index in [2.05, 4.69) is 13.0 Å². The van der Waals surface area contributed by atoms with E-state index in [1.165, 1.54) is 24.8 Å². The third-order valence-electron chi connectivity index (χ3n) is 3.45. The molecule has 1 unspecified atom stereocenters. The molecule has 1 aliphatic carbocycles. The van der Waals surface area contributed by atoms with Gasteiger partial charge in [0.25, 0.3) is 5.69 Å². The fraction of sp³-hybridized carbons (Fsp3) is 0.429. The molecule has 17 heavy (non-hydrogen) atoms. The van der Waals surface area contributed by atoms with E-state index in [0.717, 1.165) is 11.1 Å². The molecule has 0 saturated heterocycles. The van der Waals surface area contributed by atoms with Crippen LogP contribution < -0.4 is 0 Å². The van der Waals surface area contributed by atoms with Crippen LogP contribution in [0.4, 0.5) is 5.69 Å². The first-order valence-electron chi connectivity index (χ1n) is 6.02. The van der Waals surface area contributed by atoms with Gasteiger partial charge in [0.1, 0.15) is 0 Å².